The van der Waals surface area contributed by atoms with Gasteiger partial charge in [-0.3, -0.25) is 4.98 Å². The van der Waals surface area contributed by atoms with Gasteiger partial charge in [0.15, 0.2) is 5.17 Å². The summed E-state index contributed by atoms with van der Waals surface area (Å²) in [6.45, 7) is 2.03. The van der Waals surface area contributed by atoms with Gasteiger partial charge in [0.2, 0.25) is 0 Å². The van der Waals surface area contributed by atoms with E-state index in [2.05, 4.69) is 58.4 Å². The lowest BCUT2D eigenvalue weighted by atomic mass is 10.1. The van der Waals surface area contributed by atoms with E-state index >= 15 is 0 Å². The third kappa shape index (κ3) is 2.13. The number of nitrogens with zero attached hydrogens (tertiary/aromatic N) is 3. The number of fused-ring (bicyclic) bond motifs is 4. The van der Waals surface area contributed by atoms with E-state index in [1.165, 1.54) is 16.6 Å². The largest absolute Gasteiger partial charge is 0.316 e. The second-order valence-corrected chi connectivity index (χ2v) is 7.37. The maximum atomic E-state index is 5.05. The van der Waals surface area contributed by atoms with Gasteiger partial charge < -0.3 is 4.90 Å². The average molecular weight is 331 g/mol. The van der Waals surface area contributed by atoms with Gasteiger partial charge in [-0.1, -0.05) is 42.1 Å². The quantitative estimate of drug-likeness (QED) is 0.646. The van der Waals surface area contributed by atoms with Crippen molar-refractivity contribution in [2.75, 3.05) is 10.7 Å². The molecule has 1 unspecified atom stereocenters. The first-order valence-corrected chi connectivity index (χ1v) is 9.22. The van der Waals surface area contributed by atoms with Crippen molar-refractivity contribution in [3.63, 3.8) is 0 Å². The Bertz CT molecular complexity index is 980. The highest BCUT2D eigenvalue weighted by Crippen LogP contribution is 2.41. The minimum atomic E-state index is 0.546. The number of hydrogen-bond acceptors (Lipinski definition) is 3. The Kier molecular flexibility index (Phi) is 3.13. The molecule has 2 aliphatic heterocycles. The molecular weight excluding hydrogens is 314 g/mol. The number of pyridine rings is 1. The molecule has 1 atom stereocenters. The molecule has 0 saturated carbocycles. The first-order chi connectivity index (χ1) is 11.8. The molecule has 0 amide bonds. The monoisotopic (exact) mass is 331 g/mol. The molecule has 4 heteroatoms. The van der Waals surface area contributed by atoms with E-state index in [0.29, 0.717) is 6.04 Å². The van der Waals surface area contributed by atoms with Gasteiger partial charge in [0.25, 0.3) is 0 Å². The molecule has 3 nitrogen and oxygen atoms in total. The van der Waals surface area contributed by atoms with E-state index in [4.69, 9.17) is 4.99 Å². The Morgan fingerprint density at radius 2 is 2.08 bits per heavy atom. The van der Waals surface area contributed by atoms with Crippen LogP contribution in [0.25, 0.3) is 10.8 Å². The van der Waals surface area contributed by atoms with Gasteiger partial charge in [-0.15, -0.1) is 0 Å². The number of thioether (sulfide) groups is 1. The summed E-state index contributed by atoms with van der Waals surface area (Å²) in [4.78, 5) is 11.9. The molecule has 0 N–H and O–H groups in total. The van der Waals surface area contributed by atoms with Crippen LogP contribution in [0.5, 0.6) is 0 Å². The molecule has 24 heavy (non-hydrogen) atoms. The number of benzene rings is 2. The Morgan fingerprint density at radius 1 is 1.17 bits per heavy atom. The molecule has 118 valence electrons. The SMILES string of the molecule is Cc1cc2c(N=C3SCC4Cc5ccccc5N34)cccc2cn1. The second kappa shape index (κ2) is 5.35. The van der Waals surface area contributed by atoms with Crippen LogP contribution < -0.4 is 4.90 Å². The number of aliphatic imine (C=N–C) groups is 1. The third-order valence-corrected chi connectivity index (χ3v) is 5.87. The first-order valence-electron chi connectivity index (χ1n) is 8.23. The zero-order valence-electron chi connectivity index (χ0n) is 13.4. The highest BCUT2D eigenvalue weighted by atomic mass is 32.2. The fourth-order valence-corrected chi connectivity index (χ4v) is 4.80. The van der Waals surface area contributed by atoms with Crippen molar-refractivity contribution in [1.82, 2.24) is 4.98 Å². The molecule has 0 bridgehead atoms. The molecule has 2 aliphatic rings. The van der Waals surface area contributed by atoms with Crippen LogP contribution in [-0.4, -0.2) is 21.9 Å². The average Bonchev–Trinajstić information content (AvgIpc) is 3.15. The smallest absolute Gasteiger partial charge is 0.169 e. The van der Waals surface area contributed by atoms with Gasteiger partial charge >= 0.3 is 0 Å². The van der Waals surface area contributed by atoms with E-state index < -0.39 is 0 Å². The molecule has 0 radical (unpaired) electrons. The molecule has 1 aromatic heterocycles. The number of hydrogen-bond donors (Lipinski definition) is 0. The fourth-order valence-electron chi connectivity index (χ4n) is 3.64. The molecule has 1 saturated heterocycles. The third-order valence-electron chi connectivity index (χ3n) is 4.78. The van der Waals surface area contributed by atoms with Crippen LogP contribution >= 0.6 is 11.8 Å². The fraction of sp³-hybridized carbons (Fsp3) is 0.200. The van der Waals surface area contributed by atoms with Crippen LogP contribution in [0, 0.1) is 6.92 Å². The number of aromatic nitrogens is 1. The minimum absolute atomic E-state index is 0.546. The second-order valence-electron chi connectivity index (χ2n) is 6.39. The summed E-state index contributed by atoms with van der Waals surface area (Å²) in [5, 5.41) is 3.43. The maximum absolute atomic E-state index is 5.05. The number of amidine groups is 1. The van der Waals surface area contributed by atoms with Gasteiger partial charge in [0, 0.05) is 40.1 Å². The van der Waals surface area contributed by atoms with E-state index in [9.17, 15) is 0 Å². The van der Waals surface area contributed by atoms with E-state index in [1.807, 2.05) is 24.9 Å². The van der Waals surface area contributed by atoms with Gasteiger partial charge in [-0.25, -0.2) is 4.99 Å². The summed E-state index contributed by atoms with van der Waals surface area (Å²) in [7, 11) is 0. The summed E-state index contributed by atoms with van der Waals surface area (Å²) < 4.78 is 0. The lowest BCUT2D eigenvalue weighted by Gasteiger charge is -2.18. The van der Waals surface area contributed by atoms with Gasteiger partial charge in [0.1, 0.15) is 0 Å². The van der Waals surface area contributed by atoms with Crippen molar-refractivity contribution in [2.45, 2.75) is 19.4 Å². The zero-order valence-corrected chi connectivity index (χ0v) is 14.3. The van der Waals surface area contributed by atoms with Crippen LogP contribution in [0.4, 0.5) is 11.4 Å². The van der Waals surface area contributed by atoms with Gasteiger partial charge in [0.05, 0.1) is 5.69 Å². The van der Waals surface area contributed by atoms with Crippen LogP contribution in [0.3, 0.4) is 0 Å². The van der Waals surface area contributed by atoms with E-state index in [-0.39, 0.29) is 0 Å². The molecule has 5 rings (SSSR count). The lowest BCUT2D eigenvalue weighted by Crippen LogP contribution is -2.29. The van der Waals surface area contributed by atoms with Crippen LogP contribution in [0.15, 0.2) is 59.7 Å². The van der Waals surface area contributed by atoms with Crippen molar-refractivity contribution in [1.29, 1.82) is 0 Å². The highest BCUT2D eigenvalue weighted by Gasteiger charge is 2.37. The molecule has 2 aromatic carbocycles. The number of para-hydroxylation sites is 1. The first kappa shape index (κ1) is 14.1. The zero-order chi connectivity index (χ0) is 16.1. The van der Waals surface area contributed by atoms with Crippen molar-refractivity contribution >= 4 is 39.1 Å². The molecular formula is C20H17N3S. The number of rotatable bonds is 1. The Morgan fingerprint density at radius 3 is 3.04 bits per heavy atom. The predicted molar refractivity (Wildman–Crippen MR) is 102 cm³/mol. The summed E-state index contributed by atoms with van der Waals surface area (Å²) in [5.74, 6) is 1.11. The highest BCUT2D eigenvalue weighted by molar-refractivity contribution is 8.14. The summed E-state index contributed by atoms with van der Waals surface area (Å²) in [5.41, 5.74) is 4.82. The minimum Gasteiger partial charge on any atom is -0.316 e. The van der Waals surface area contributed by atoms with Crippen molar-refractivity contribution in [2.24, 2.45) is 4.99 Å². The summed E-state index contributed by atoms with van der Waals surface area (Å²) in [6.07, 6.45) is 3.06. The lowest BCUT2D eigenvalue weighted by molar-refractivity contribution is 0.801. The molecule has 1 fully saturated rings. The standard InChI is InChI=1S/C20H17N3S/c1-13-9-17-15(11-21-13)6-4-7-18(17)22-20-23-16(12-24-20)10-14-5-2-3-8-19(14)23/h2-9,11,16H,10,12H2,1H3. The molecule has 0 spiro atoms. The van der Waals surface area contributed by atoms with Crippen molar-refractivity contribution < 1.29 is 0 Å². The Balaban J connectivity index is 1.64. The Labute approximate surface area is 145 Å². The van der Waals surface area contributed by atoms with Crippen LogP contribution in [-0.2, 0) is 6.42 Å². The molecule has 3 heterocycles. The van der Waals surface area contributed by atoms with Crippen LogP contribution in [0.1, 0.15) is 11.3 Å². The van der Waals surface area contributed by atoms with Crippen molar-refractivity contribution in [3.8, 4) is 0 Å². The molecule has 0 aliphatic carbocycles. The van der Waals surface area contributed by atoms with E-state index in [0.717, 1.165) is 34.1 Å². The Hall–Kier alpha value is -2.33. The van der Waals surface area contributed by atoms with Crippen LogP contribution in [0.2, 0.25) is 0 Å². The normalized spacial score (nSPS) is 20.6. The number of aryl methyl sites for hydroxylation is 1. The van der Waals surface area contributed by atoms with Gasteiger partial charge in [-0.05, 0) is 37.1 Å². The maximum Gasteiger partial charge on any atom is 0.169 e. The number of anilines is 1. The topological polar surface area (TPSA) is 28.5 Å². The van der Waals surface area contributed by atoms with Crippen molar-refractivity contribution in [3.05, 3.63) is 66.0 Å². The summed E-state index contributed by atoms with van der Waals surface area (Å²) >= 11 is 1.87. The molecule has 3 aromatic rings. The summed E-state index contributed by atoms with van der Waals surface area (Å²) in [6, 6.07) is 17.6. The van der Waals surface area contributed by atoms with Gasteiger partial charge in [-0.2, -0.15) is 0 Å². The predicted octanol–water partition coefficient (Wildman–Crippen LogP) is 4.71. The van der Waals surface area contributed by atoms with E-state index in [1.54, 1.807) is 0 Å².